The van der Waals surface area contributed by atoms with Gasteiger partial charge in [-0.1, -0.05) is 20.8 Å². The number of hydrogen-bond acceptors (Lipinski definition) is 4. The van der Waals surface area contributed by atoms with Gasteiger partial charge in [-0.2, -0.15) is 0 Å². The van der Waals surface area contributed by atoms with E-state index in [0.717, 1.165) is 39.1 Å². The molecule has 1 aromatic heterocycles. The second kappa shape index (κ2) is 5.05. The second-order valence-electron chi connectivity index (χ2n) is 7.77. The van der Waals surface area contributed by atoms with Gasteiger partial charge in [0.15, 0.2) is 0 Å². The maximum Gasteiger partial charge on any atom is 0.274 e. The van der Waals surface area contributed by atoms with E-state index < -0.39 is 0 Å². The third-order valence-corrected chi connectivity index (χ3v) is 4.32. The Morgan fingerprint density at radius 1 is 1.29 bits per heavy atom. The Morgan fingerprint density at radius 2 is 2.05 bits per heavy atom. The molecule has 0 atom stereocenters. The molecule has 0 bridgehead atoms. The average molecular weight is 288 g/mol. The summed E-state index contributed by atoms with van der Waals surface area (Å²) in [6, 6.07) is 0. The van der Waals surface area contributed by atoms with E-state index >= 15 is 0 Å². The van der Waals surface area contributed by atoms with E-state index in [1.54, 1.807) is 18.6 Å². The summed E-state index contributed by atoms with van der Waals surface area (Å²) in [5.74, 6) is 0.0225. The molecule has 21 heavy (non-hydrogen) atoms. The van der Waals surface area contributed by atoms with Crippen LogP contribution >= 0.6 is 0 Å². The molecule has 5 nitrogen and oxygen atoms in total. The Labute approximate surface area is 126 Å². The number of rotatable bonds is 2. The molecule has 1 amide bonds. The van der Waals surface area contributed by atoms with E-state index in [0.29, 0.717) is 16.5 Å². The Morgan fingerprint density at radius 3 is 2.67 bits per heavy atom. The largest absolute Gasteiger partial charge is 0.337 e. The van der Waals surface area contributed by atoms with Crippen LogP contribution in [0.25, 0.3) is 0 Å². The maximum atomic E-state index is 12.4. The monoisotopic (exact) mass is 288 g/mol. The third kappa shape index (κ3) is 3.07. The highest BCUT2D eigenvalue weighted by Gasteiger charge is 2.49. The zero-order chi connectivity index (χ0) is 15.1. The highest BCUT2D eigenvalue weighted by atomic mass is 16.2. The standard InChI is InChI=1S/C16H24N4O/c1-15(2,3)9-19-10-16(11-19)4-7-20(12-16)14(21)13-8-17-5-6-18-13/h5-6,8H,4,7,9-12H2,1-3H3. The van der Waals surface area contributed by atoms with Crippen molar-refractivity contribution in [1.82, 2.24) is 19.8 Å². The van der Waals surface area contributed by atoms with Gasteiger partial charge in [-0.15, -0.1) is 0 Å². The van der Waals surface area contributed by atoms with Gasteiger partial charge in [0.2, 0.25) is 0 Å². The minimum absolute atomic E-state index is 0.0225. The first kappa shape index (κ1) is 14.4. The Hall–Kier alpha value is -1.49. The second-order valence-corrected chi connectivity index (χ2v) is 7.77. The molecule has 0 saturated carbocycles. The van der Waals surface area contributed by atoms with E-state index in [9.17, 15) is 4.79 Å². The molecule has 3 heterocycles. The molecule has 2 fully saturated rings. The number of carbonyl (C=O) groups excluding carboxylic acids is 1. The molecule has 0 N–H and O–H groups in total. The van der Waals surface area contributed by atoms with Gasteiger partial charge in [0, 0.05) is 50.5 Å². The number of carbonyl (C=O) groups is 1. The summed E-state index contributed by atoms with van der Waals surface area (Å²) >= 11 is 0. The summed E-state index contributed by atoms with van der Waals surface area (Å²) < 4.78 is 0. The van der Waals surface area contributed by atoms with Crippen molar-refractivity contribution >= 4 is 5.91 Å². The van der Waals surface area contributed by atoms with Crippen LogP contribution in [0.3, 0.4) is 0 Å². The highest BCUT2D eigenvalue weighted by Crippen LogP contribution is 2.40. The molecule has 5 heteroatoms. The van der Waals surface area contributed by atoms with Crippen molar-refractivity contribution in [3.05, 3.63) is 24.3 Å². The molecule has 0 aromatic carbocycles. The van der Waals surface area contributed by atoms with Crippen molar-refractivity contribution in [2.45, 2.75) is 27.2 Å². The predicted octanol–water partition coefficient (Wildman–Crippen LogP) is 1.67. The van der Waals surface area contributed by atoms with Gasteiger partial charge in [0.1, 0.15) is 5.69 Å². The van der Waals surface area contributed by atoms with Gasteiger partial charge in [-0.25, -0.2) is 4.98 Å². The molecule has 1 spiro atoms. The number of nitrogens with zero attached hydrogens (tertiary/aromatic N) is 4. The van der Waals surface area contributed by atoms with Crippen LogP contribution in [0.15, 0.2) is 18.6 Å². The van der Waals surface area contributed by atoms with Crippen LogP contribution in [0, 0.1) is 10.8 Å². The minimum atomic E-state index is 0.0225. The summed E-state index contributed by atoms with van der Waals surface area (Å²) in [5.41, 5.74) is 1.12. The minimum Gasteiger partial charge on any atom is -0.337 e. The van der Waals surface area contributed by atoms with E-state index in [4.69, 9.17) is 0 Å². The molecule has 2 saturated heterocycles. The molecule has 2 aliphatic rings. The van der Waals surface area contributed by atoms with Gasteiger partial charge in [0.25, 0.3) is 5.91 Å². The van der Waals surface area contributed by atoms with E-state index in [1.807, 2.05) is 4.90 Å². The molecule has 3 rings (SSSR count). The van der Waals surface area contributed by atoms with Gasteiger partial charge in [-0.05, 0) is 11.8 Å². The molecular formula is C16H24N4O. The normalized spacial score (nSPS) is 21.6. The lowest BCUT2D eigenvalue weighted by Gasteiger charge is -2.50. The van der Waals surface area contributed by atoms with Crippen molar-refractivity contribution in [3.63, 3.8) is 0 Å². The van der Waals surface area contributed by atoms with Crippen LogP contribution in [0.1, 0.15) is 37.7 Å². The van der Waals surface area contributed by atoms with Crippen LogP contribution < -0.4 is 0 Å². The zero-order valence-electron chi connectivity index (χ0n) is 13.2. The fraction of sp³-hybridized carbons (Fsp3) is 0.688. The van der Waals surface area contributed by atoms with Crippen molar-refractivity contribution in [2.75, 3.05) is 32.7 Å². The lowest BCUT2D eigenvalue weighted by atomic mass is 9.77. The molecule has 0 aliphatic carbocycles. The first-order valence-corrected chi connectivity index (χ1v) is 7.65. The summed E-state index contributed by atoms with van der Waals surface area (Å²) in [7, 11) is 0. The predicted molar refractivity (Wildman–Crippen MR) is 80.9 cm³/mol. The van der Waals surface area contributed by atoms with Crippen LogP contribution in [0.2, 0.25) is 0 Å². The first-order chi connectivity index (χ1) is 9.87. The van der Waals surface area contributed by atoms with Gasteiger partial charge >= 0.3 is 0 Å². The number of hydrogen-bond donors (Lipinski definition) is 0. The Bertz CT molecular complexity index is 517. The lowest BCUT2D eigenvalue weighted by molar-refractivity contribution is -0.0117. The maximum absolute atomic E-state index is 12.4. The molecule has 2 aliphatic heterocycles. The molecule has 1 aromatic rings. The molecule has 0 unspecified atom stereocenters. The van der Waals surface area contributed by atoms with Crippen LogP contribution in [0.5, 0.6) is 0 Å². The van der Waals surface area contributed by atoms with Crippen molar-refractivity contribution in [2.24, 2.45) is 10.8 Å². The van der Waals surface area contributed by atoms with Gasteiger partial charge < -0.3 is 9.80 Å². The Kier molecular flexibility index (Phi) is 3.48. The summed E-state index contributed by atoms with van der Waals surface area (Å²) in [5, 5.41) is 0. The summed E-state index contributed by atoms with van der Waals surface area (Å²) in [6.07, 6.45) is 5.84. The Balaban J connectivity index is 1.57. The highest BCUT2D eigenvalue weighted by molar-refractivity contribution is 5.92. The number of aromatic nitrogens is 2. The van der Waals surface area contributed by atoms with E-state index in [-0.39, 0.29) is 5.91 Å². The third-order valence-electron chi connectivity index (χ3n) is 4.32. The summed E-state index contributed by atoms with van der Waals surface area (Å²) in [6.45, 7) is 11.9. The van der Waals surface area contributed by atoms with Gasteiger partial charge in [0.05, 0.1) is 6.20 Å². The smallest absolute Gasteiger partial charge is 0.274 e. The van der Waals surface area contributed by atoms with Crippen LogP contribution in [0.4, 0.5) is 0 Å². The average Bonchev–Trinajstić information content (AvgIpc) is 2.82. The van der Waals surface area contributed by atoms with Crippen molar-refractivity contribution in [3.8, 4) is 0 Å². The van der Waals surface area contributed by atoms with Crippen LogP contribution in [-0.2, 0) is 0 Å². The number of amides is 1. The van der Waals surface area contributed by atoms with E-state index in [1.165, 1.54) is 0 Å². The SMILES string of the molecule is CC(C)(C)CN1CC2(CCN(C(=O)c3cnccn3)C2)C1. The zero-order valence-corrected chi connectivity index (χ0v) is 13.2. The van der Waals surface area contributed by atoms with Gasteiger partial charge in [-0.3, -0.25) is 9.78 Å². The first-order valence-electron chi connectivity index (χ1n) is 7.65. The quantitative estimate of drug-likeness (QED) is 0.830. The van der Waals surface area contributed by atoms with Crippen molar-refractivity contribution < 1.29 is 4.79 Å². The molecule has 114 valence electrons. The summed E-state index contributed by atoms with van der Waals surface area (Å²) in [4.78, 5) is 24.9. The van der Waals surface area contributed by atoms with E-state index in [2.05, 4.69) is 35.6 Å². The number of likely N-dealkylation sites (tertiary alicyclic amines) is 2. The fourth-order valence-corrected chi connectivity index (χ4v) is 3.62. The molecular weight excluding hydrogens is 264 g/mol. The fourth-order valence-electron chi connectivity index (χ4n) is 3.62. The molecule has 0 radical (unpaired) electrons. The topological polar surface area (TPSA) is 49.3 Å². The lowest BCUT2D eigenvalue weighted by Crippen LogP contribution is -2.59. The van der Waals surface area contributed by atoms with Crippen molar-refractivity contribution in [1.29, 1.82) is 0 Å². The van der Waals surface area contributed by atoms with Crippen LogP contribution in [-0.4, -0.2) is 58.4 Å².